The van der Waals surface area contributed by atoms with Gasteiger partial charge in [0, 0.05) is 12.6 Å². The Hall–Kier alpha value is -2.21. The van der Waals surface area contributed by atoms with Gasteiger partial charge in [-0.05, 0) is 38.8 Å². The quantitative estimate of drug-likeness (QED) is 0.663. The van der Waals surface area contributed by atoms with E-state index in [1.807, 2.05) is 31.2 Å². The summed E-state index contributed by atoms with van der Waals surface area (Å²) in [6, 6.07) is 7.33. The van der Waals surface area contributed by atoms with E-state index in [1.54, 1.807) is 20.8 Å². The number of nitrogens with zero attached hydrogens (tertiary/aromatic N) is 1. The molecule has 6 heteroatoms. The van der Waals surface area contributed by atoms with Crippen LogP contribution in [0.4, 0.5) is 0 Å². The molecule has 2 saturated heterocycles. The van der Waals surface area contributed by atoms with Gasteiger partial charge >= 0.3 is 5.97 Å². The number of imide groups is 1. The lowest BCUT2D eigenvalue weighted by Crippen LogP contribution is -2.54. The van der Waals surface area contributed by atoms with Crippen LogP contribution in [0.2, 0.25) is 0 Å². The minimum absolute atomic E-state index is 0.216. The molecule has 2 fully saturated rings. The first-order valence-electron chi connectivity index (χ1n) is 8.72. The normalized spacial score (nSPS) is 31.4. The average Bonchev–Trinajstić information content (AvgIpc) is 3.03. The summed E-state index contributed by atoms with van der Waals surface area (Å²) in [5.74, 6) is -2.34. The topological polar surface area (TPSA) is 75.7 Å². The van der Waals surface area contributed by atoms with E-state index in [9.17, 15) is 14.4 Å². The predicted molar refractivity (Wildman–Crippen MR) is 91.5 cm³/mol. The maximum atomic E-state index is 12.9. The van der Waals surface area contributed by atoms with Gasteiger partial charge in [0.05, 0.1) is 18.4 Å². The van der Waals surface area contributed by atoms with Crippen molar-refractivity contribution in [3.63, 3.8) is 0 Å². The molecule has 2 aliphatic heterocycles. The molecule has 4 atom stereocenters. The molecular formula is C19H24N2O4. The molecule has 1 N–H and O–H groups in total. The smallest absolute Gasteiger partial charge is 0.326 e. The molecule has 1 aromatic carbocycles. The Morgan fingerprint density at radius 2 is 1.92 bits per heavy atom. The van der Waals surface area contributed by atoms with E-state index >= 15 is 0 Å². The SMILES string of the molecule is CCOC(=O)[C@]1(C)N[C@H](c2ccccc2C)[C@H]2C(=O)N(CC)C(=O)[C@@H]21. The molecule has 2 aliphatic rings. The fourth-order valence-corrected chi connectivity index (χ4v) is 4.18. The number of carbonyl (C=O) groups is 3. The monoisotopic (exact) mass is 344 g/mol. The number of esters is 1. The summed E-state index contributed by atoms with van der Waals surface area (Å²) in [5.41, 5.74) is 0.733. The standard InChI is InChI=1S/C19H24N2O4/c1-5-21-16(22)13-14(17(21)23)19(4,18(24)25-6-2)20-15(13)12-10-8-7-9-11(12)3/h7-10,13-15,20H,5-6H2,1-4H3/t13-,14+,15+,19+/m0/s1. The van der Waals surface area contributed by atoms with Crippen molar-refractivity contribution >= 4 is 17.8 Å². The van der Waals surface area contributed by atoms with E-state index < -0.39 is 29.4 Å². The number of ether oxygens (including phenoxy) is 1. The summed E-state index contributed by atoms with van der Waals surface area (Å²) < 4.78 is 5.22. The summed E-state index contributed by atoms with van der Waals surface area (Å²) in [7, 11) is 0. The molecule has 0 saturated carbocycles. The number of aryl methyl sites for hydroxylation is 1. The molecule has 0 radical (unpaired) electrons. The van der Waals surface area contributed by atoms with Crippen LogP contribution in [0.5, 0.6) is 0 Å². The van der Waals surface area contributed by atoms with Gasteiger partial charge in [-0.25, -0.2) is 0 Å². The summed E-state index contributed by atoms with van der Waals surface area (Å²) in [6.07, 6.45) is 0. The Kier molecular flexibility index (Phi) is 4.41. The van der Waals surface area contributed by atoms with Crippen LogP contribution in [0.25, 0.3) is 0 Å². The van der Waals surface area contributed by atoms with Crippen molar-refractivity contribution in [3.05, 3.63) is 35.4 Å². The van der Waals surface area contributed by atoms with Gasteiger partial charge in [-0.2, -0.15) is 0 Å². The molecule has 0 bridgehead atoms. The van der Waals surface area contributed by atoms with E-state index in [1.165, 1.54) is 4.90 Å². The fraction of sp³-hybridized carbons (Fsp3) is 0.526. The molecule has 3 rings (SSSR count). The van der Waals surface area contributed by atoms with Crippen molar-refractivity contribution in [2.45, 2.75) is 39.3 Å². The van der Waals surface area contributed by atoms with Crippen LogP contribution >= 0.6 is 0 Å². The van der Waals surface area contributed by atoms with Gasteiger partial charge in [-0.1, -0.05) is 24.3 Å². The minimum atomic E-state index is -1.22. The third kappa shape index (κ3) is 2.47. The van der Waals surface area contributed by atoms with Gasteiger partial charge in [0.2, 0.25) is 11.8 Å². The summed E-state index contributed by atoms with van der Waals surface area (Å²) in [5, 5.41) is 3.27. The van der Waals surface area contributed by atoms with Crippen LogP contribution in [-0.2, 0) is 19.1 Å². The van der Waals surface area contributed by atoms with Crippen LogP contribution in [0.1, 0.15) is 37.9 Å². The van der Waals surface area contributed by atoms with Gasteiger partial charge in [0.15, 0.2) is 0 Å². The maximum Gasteiger partial charge on any atom is 0.326 e. The zero-order valence-corrected chi connectivity index (χ0v) is 15.0. The summed E-state index contributed by atoms with van der Waals surface area (Å²) in [4.78, 5) is 39.7. The van der Waals surface area contributed by atoms with E-state index in [-0.39, 0.29) is 18.4 Å². The number of amides is 2. The number of fused-ring (bicyclic) bond motifs is 1. The van der Waals surface area contributed by atoms with Crippen molar-refractivity contribution in [1.29, 1.82) is 0 Å². The minimum Gasteiger partial charge on any atom is -0.465 e. The van der Waals surface area contributed by atoms with Crippen LogP contribution in [0.15, 0.2) is 24.3 Å². The van der Waals surface area contributed by atoms with Crippen molar-refractivity contribution in [2.24, 2.45) is 11.8 Å². The highest BCUT2D eigenvalue weighted by Crippen LogP contribution is 2.49. The Morgan fingerprint density at radius 3 is 2.52 bits per heavy atom. The Morgan fingerprint density at radius 1 is 1.24 bits per heavy atom. The lowest BCUT2D eigenvalue weighted by molar-refractivity contribution is -0.155. The number of hydrogen-bond donors (Lipinski definition) is 1. The third-order valence-electron chi connectivity index (χ3n) is 5.42. The first-order valence-corrected chi connectivity index (χ1v) is 8.72. The van der Waals surface area contributed by atoms with Crippen molar-refractivity contribution in [2.75, 3.05) is 13.2 Å². The van der Waals surface area contributed by atoms with E-state index in [4.69, 9.17) is 4.74 Å². The van der Waals surface area contributed by atoms with Gasteiger partial charge in [-0.3, -0.25) is 24.6 Å². The van der Waals surface area contributed by atoms with E-state index in [0.29, 0.717) is 6.54 Å². The van der Waals surface area contributed by atoms with Crippen LogP contribution in [0.3, 0.4) is 0 Å². The Bertz CT molecular complexity index is 732. The fourth-order valence-electron chi connectivity index (χ4n) is 4.18. The predicted octanol–water partition coefficient (Wildman–Crippen LogP) is 1.58. The highest BCUT2D eigenvalue weighted by molar-refractivity contribution is 6.09. The van der Waals surface area contributed by atoms with Gasteiger partial charge in [0.1, 0.15) is 5.54 Å². The Labute approximate surface area is 147 Å². The first kappa shape index (κ1) is 17.6. The molecule has 0 unspecified atom stereocenters. The van der Waals surface area contributed by atoms with Crippen molar-refractivity contribution in [3.8, 4) is 0 Å². The second-order valence-electron chi connectivity index (χ2n) is 6.83. The Balaban J connectivity index is 2.11. The molecule has 0 aliphatic carbocycles. The summed E-state index contributed by atoms with van der Waals surface area (Å²) in [6.45, 7) is 7.67. The van der Waals surface area contributed by atoms with E-state index in [0.717, 1.165) is 11.1 Å². The zero-order chi connectivity index (χ0) is 18.4. The second kappa shape index (κ2) is 6.26. The molecule has 134 valence electrons. The molecule has 0 aromatic heterocycles. The molecule has 2 amide bonds. The largest absolute Gasteiger partial charge is 0.465 e. The number of likely N-dealkylation sites (tertiary alicyclic amines) is 1. The van der Waals surface area contributed by atoms with Crippen LogP contribution < -0.4 is 5.32 Å². The second-order valence-corrected chi connectivity index (χ2v) is 6.83. The molecule has 1 aromatic rings. The lowest BCUT2D eigenvalue weighted by Gasteiger charge is -2.29. The average molecular weight is 344 g/mol. The molecule has 0 spiro atoms. The van der Waals surface area contributed by atoms with Gasteiger partial charge < -0.3 is 4.74 Å². The first-order chi connectivity index (χ1) is 11.9. The van der Waals surface area contributed by atoms with Gasteiger partial charge in [0.25, 0.3) is 0 Å². The molecule has 25 heavy (non-hydrogen) atoms. The number of benzene rings is 1. The highest BCUT2D eigenvalue weighted by Gasteiger charge is 2.66. The molecule has 6 nitrogen and oxygen atoms in total. The number of hydrogen-bond acceptors (Lipinski definition) is 5. The zero-order valence-electron chi connectivity index (χ0n) is 15.0. The van der Waals surface area contributed by atoms with Crippen LogP contribution in [0, 0.1) is 18.8 Å². The number of carbonyl (C=O) groups excluding carboxylic acids is 3. The maximum absolute atomic E-state index is 12.9. The van der Waals surface area contributed by atoms with Crippen LogP contribution in [-0.4, -0.2) is 41.4 Å². The molecule has 2 heterocycles. The van der Waals surface area contributed by atoms with Crippen molar-refractivity contribution in [1.82, 2.24) is 10.2 Å². The number of nitrogens with one attached hydrogen (secondary N) is 1. The summed E-state index contributed by atoms with van der Waals surface area (Å²) >= 11 is 0. The number of rotatable bonds is 4. The van der Waals surface area contributed by atoms with Crippen molar-refractivity contribution < 1.29 is 19.1 Å². The van der Waals surface area contributed by atoms with Gasteiger partial charge in [-0.15, -0.1) is 0 Å². The molecular weight excluding hydrogens is 320 g/mol. The van der Waals surface area contributed by atoms with E-state index in [2.05, 4.69) is 5.32 Å². The highest BCUT2D eigenvalue weighted by atomic mass is 16.5. The third-order valence-corrected chi connectivity index (χ3v) is 5.42. The lowest BCUT2D eigenvalue weighted by atomic mass is 9.80.